The van der Waals surface area contributed by atoms with E-state index in [2.05, 4.69) is 4.74 Å². The highest BCUT2D eigenvalue weighted by molar-refractivity contribution is 5.70. The maximum absolute atomic E-state index is 11.6. The third kappa shape index (κ3) is 3.26. The number of rotatable bonds is 3. The van der Waals surface area contributed by atoms with Gasteiger partial charge in [0.05, 0.1) is 0 Å². The topological polar surface area (TPSA) is 26.3 Å². The summed E-state index contributed by atoms with van der Waals surface area (Å²) in [6.07, 6.45) is -6.45. The van der Waals surface area contributed by atoms with E-state index in [0.29, 0.717) is 0 Å². The second-order valence-corrected chi connectivity index (χ2v) is 1.31. The molecule has 0 saturated carbocycles. The fourth-order valence-corrected chi connectivity index (χ4v) is 0.209. The quantitative estimate of drug-likeness (QED) is 0.455. The van der Waals surface area contributed by atoms with E-state index in [1.807, 2.05) is 0 Å². The van der Waals surface area contributed by atoms with Gasteiger partial charge in [0, 0.05) is 0 Å². The first-order valence-corrected chi connectivity index (χ1v) is 2.25. The van der Waals surface area contributed by atoms with Crippen LogP contribution in [-0.2, 0) is 9.53 Å². The lowest BCUT2D eigenvalue weighted by molar-refractivity contribution is -0.174. The minimum Gasteiger partial charge on any atom is -0.423 e. The van der Waals surface area contributed by atoms with Gasteiger partial charge in [-0.05, 0) is 0 Å². The number of alkyl halides is 4. The van der Waals surface area contributed by atoms with Gasteiger partial charge in [-0.2, -0.15) is 4.39 Å². The van der Waals surface area contributed by atoms with E-state index >= 15 is 0 Å². The summed E-state index contributed by atoms with van der Waals surface area (Å²) in [6.45, 7) is -1.60. The molecule has 0 aliphatic carbocycles. The predicted octanol–water partition coefficient (Wildman–Crippen LogP) is 1.06. The van der Waals surface area contributed by atoms with E-state index in [-0.39, 0.29) is 0 Å². The van der Waals surface area contributed by atoms with Crippen LogP contribution in [0.5, 0.6) is 0 Å². The van der Waals surface area contributed by atoms with E-state index < -0.39 is 25.4 Å². The molecule has 60 valence electrons. The van der Waals surface area contributed by atoms with Crippen molar-refractivity contribution in [2.75, 3.05) is 6.67 Å². The highest BCUT2D eigenvalue weighted by atomic mass is 19.3. The maximum Gasteiger partial charge on any atom is 0.340 e. The molecule has 0 N–H and O–H groups in total. The Labute approximate surface area is 53.8 Å². The fourth-order valence-electron chi connectivity index (χ4n) is 0.209. The lowest BCUT2D eigenvalue weighted by atomic mass is 10.7. The molecule has 0 aromatic rings. The van der Waals surface area contributed by atoms with Crippen molar-refractivity contribution in [2.45, 2.75) is 12.8 Å². The smallest absolute Gasteiger partial charge is 0.340 e. The average Bonchev–Trinajstić information content (AvgIpc) is 1.87. The van der Waals surface area contributed by atoms with Crippen LogP contribution in [0.25, 0.3) is 0 Å². The zero-order chi connectivity index (χ0) is 8.15. The summed E-state index contributed by atoms with van der Waals surface area (Å²) in [5, 5.41) is 0. The number of carbonyl (C=O) groups excluding carboxylic acids is 1. The van der Waals surface area contributed by atoms with Crippen molar-refractivity contribution in [1.82, 2.24) is 0 Å². The van der Waals surface area contributed by atoms with E-state index in [9.17, 15) is 22.4 Å². The molecule has 0 bridgehead atoms. The number of esters is 1. The number of halogens is 4. The molecule has 0 aromatic carbocycles. The summed E-state index contributed by atoms with van der Waals surface area (Å²) in [4.78, 5) is 9.76. The van der Waals surface area contributed by atoms with Gasteiger partial charge in [-0.1, -0.05) is 0 Å². The molecule has 0 aromatic heterocycles. The maximum atomic E-state index is 11.6. The van der Waals surface area contributed by atoms with Crippen molar-refractivity contribution in [2.24, 2.45) is 0 Å². The van der Waals surface area contributed by atoms with E-state index in [1.54, 1.807) is 0 Å². The Morgan fingerprint density at radius 2 is 1.90 bits per heavy atom. The van der Waals surface area contributed by atoms with Crippen LogP contribution in [0, 0.1) is 0 Å². The van der Waals surface area contributed by atoms with E-state index in [4.69, 9.17) is 0 Å². The Bertz CT molecular complexity index is 116. The summed E-state index contributed by atoms with van der Waals surface area (Å²) in [6, 6.07) is 0. The van der Waals surface area contributed by atoms with Gasteiger partial charge in [-0.25, -0.2) is 18.0 Å². The second-order valence-electron chi connectivity index (χ2n) is 1.31. The van der Waals surface area contributed by atoms with Crippen LogP contribution >= 0.6 is 0 Å². The van der Waals surface area contributed by atoms with Gasteiger partial charge in [0.25, 0.3) is 0 Å². The molecule has 0 radical (unpaired) electrons. The summed E-state index contributed by atoms with van der Waals surface area (Å²) >= 11 is 0. The normalized spacial score (nSPS) is 13.3. The molecular formula is C4H4F4O2. The molecule has 0 aliphatic heterocycles. The first-order valence-electron chi connectivity index (χ1n) is 2.25. The highest BCUT2D eigenvalue weighted by Gasteiger charge is 2.22. The highest BCUT2D eigenvalue weighted by Crippen LogP contribution is 2.06. The molecule has 0 saturated heterocycles. The molecule has 0 spiro atoms. The molecule has 0 aliphatic rings. The van der Waals surface area contributed by atoms with Crippen molar-refractivity contribution < 1.29 is 27.1 Å². The third-order valence-electron chi connectivity index (χ3n) is 0.551. The van der Waals surface area contributed by atoms with Gasteiger partial charge >= 0.3 is 18.8 Å². The molecule has 2 nitrogen and oxygen atoms in total. The summed E-state index contributed by atoms with van der Waals surface area (Å²) in [5.74, 6) is -1.63. The van der Waals surface area contributed by atoms with E-state index in [1.165, 1.54) is 0 Å². The van der Waals surface area contributed by atoms with Crippen molar-refractivity contribution in [1.29, 1.82) is 0 Å². The van der Waals surface area contributed by atoms with Gasteiger partial charge in [0.1, 0.15) is 0 Å². The minimum atomic E-state index is -3.42. The zero-order valence-electron chi connectivity index (χ0n) is 4.69. The Kier molecular flexibility index (Phi) is 3.75. The number of hydrogen-bond acceptors (Lipinski definition) is 2. The Morgan fingerprint density at radius 1 is 1.40 bits per heavy atom. The second kappa shape index (κ2) is 4.08. The molecule has 1 unspecified atom stereocenters. The van der Waals surface area contributed by atoms with Crippen molar-refractivity contribution in [3.8, 4) is 0 Å². The molecular weight excluding hydrogens is 156 g/mol. The molecule has 0 fully saturated rings. The van der Waals surface area contributed by atoms with Crippen LogP contribution in [0.3, 0.4) is 0 Å². The molecule has 6 heteroatoms. The molecule has 0 amide bonds. The number of carbonyl (C=O) groups is 1. The lowest BCUT2D eigenvalue weighted by Crippen LogP contribution is -2.21. The number of ether oxygens (including phenoxy) is 1. The zero-order valence-corrected chi connectivity index (χ0v) is 4.69. The summed E-state index contributed by atoms with van der Waals surface area (Å²) < 4.78 is 48.3. The van der Waals surface area contributed by atoms with Crippen LogP contribution < -0.4 is 0 Å². The van der Waals surface area contributed by atoms with Gasteiger partial charge in [-0.3, -0.25) is 0 Å². The standard InChI is InChI=1S/C4H4F4O2/c5-1-2(9)10-4(8)3(6)7/h3-4H,1H2. The van der Waals surface area contributed by atoms with Crippen LogP contribution in [0.15, 0.2) is 0 Å². The van der Waals surface area contributed by atoms with Gasteiger partial charge in [0.2, 0.25) is 0 Å². The van der Waals surface area contributed by atoms with E-state index in [0.717, 1.165) is 0 Å². The van der Waals surface area contributed by atoms with Gasteiger partial charge in [-0.15, -0.1) is 0 Å². The van der Waals surface area contributed by atoms with Crippen LogP contribution in [-0.4, -0.2) is 25.4 Å². The summed E-state index contributed by atoms with van der Waals surface area (Å²) in [7, 11) is 0. The first kappa shape index (κ1) is 9.19. The minimum absolute atomic E-state index is 1.60. The largest absolute Gasteiger partial charge is 0.423 e. The first-order chi connectivity index (χ1) is 4.57. The Balaban J connectivity index is 3.57. The molecule has 0 heterocycles. The molecule has 0 rings (SSSR count). The van der Waals surface area contributed by atoms with Crippen molar-refractivity contribution >= 4 is 5.97 Å². The predicted molar refractivity (Wildman–Crippen MR) is 23.0 cm³/mol. The van der Waals surface area contributed by atoms with Crippen LogP contribution in [0.1, 0.15) is 0 Å². The molecule has 1 atom stereocenters. The number of hydrogen-bond donors (Lipinski definition) is 0. The fraction of sp³-hybridized carbons (Fsp3) is 0.750. The van der Waals surface area contributed by atoms with Gasteiger partial charge in [0.15, 0.2) is 6.67 Å². The third-order valence-corrected chi connectivity index (χ3v) is 0.551. The van der Waals surface area contributed by atoms with Gasteiger partial charge < -0.3 is 4.74 Å². The van der Waals surface area contributed by atoms with Crippen LogP contribution in [0.2, 0.25) is 0 Å². The lowest BCUT2D eigenvalue weighted by Gasteiger charge is -2.05. The SMILES string of the molecule is O=C(CF)OC(F)C(F)F. The van der Waals surface area contributed by atoms with Crippen molar-refractivity contribution in [3.63, 3.8) is 0 Å². The average molecular weight is 160 g/mol. The Morgan fingerprint density at radius 3 is 2.20 bits per heavy atom. The Hall–Kier alpha value is -0.810. The van der Waals surface area contributed by atoms with Crippen molar-refractivity contribution in [3.05, 3.63) is 0 Å². The summed E-state index contributed by atoms with van der Waals surface area (Å²) in [5.41, 5.74) is 0. The molecule has 10 heavy (non-hydrogen) atoms. The van der Waals surface area contributed by atoms with Crippen LogP contribution in [0.4, 0.5) is 17.6 Å². The monoisotopic (exact) mass is 160 g/mol.